The van der Waals surface area contributed by atoms with Crippen LogP contribution in [0.15, 0.2) is 97.2 Å². The fraction of sp³-hybridized carbons (Fsp3) is 0.705. The predicted molar refractivity (Wildman–Crippen MR) is 288 cm³/mol. The molecule has 5 heteroatoms. The number of rotatable bonds is 50. The maximum atomic E-state index is 12.8. The van der Waals surface area contributed by atoms with Gasteiger partial charge < -0.3 is 14.2 Å². The van der Waals surface area contributed by atoms with Gasteiger partial charge in [-0.3, -0.25) is 9.59 Å². The Labute approximate surface area is 409 Å². The van der Waals surface area contributed by atoms with Crippen molar-refractivity contribution in [2.75, 3.05) is 19.8 Å². The summed E-state index contributed by atoms with van der Waals surface area (Å²) in [7, 11) is 0. The van der Waals surface area contributed by atoms with Crippen molar-refractivity contribution >= 4 is 11.9 Å². The zero-order chi connectivity index (χ0) is 47.7. The molecule has 0 aromatic carbocycles. The number of hydrogen-bond donors (Lipinski definition) is 0. The van der Waals surface area contributed by atoms with Crippen LogP contribution in [0.3, 0.4) is 0 Å². The Balaban J connectivity index is 4.34. The summed E-state index contributed by atoms with van der Waals surface area (Å²) in [4.78, 5) is 25.4. The first-order valence-electron chi connectivity index (χ1n) is 27.8. The van der Waals surface area contributed by atoms with Crippen LogP contribution in [0.4, 0.5) is 0 Å². The number of unbranched alkanes of at least 4 members (excludes halogenated alkanes) is 23. The number of hydrogen-bond acceptors (Lipinski definition) is 5. The van der Waals surface area contributed by atoms with Crippen molar-refractivity contribution < 1.29 is 23.8 Å². The monoisotopic (exact) mass is 917 g/mol. The second kappa shape index (κ2) is 56.1. The van der Waals surface area contributed by atoms with E-state index in [1.54, 1.807) is 0 Å². The van der Waals surface area contributed by atoms with E-state index in [1.165, 1.54) is 103 Å². The average molecular weight is 917 g/mol. The molecule has 0 fully saturated rings. The molecule has 0 saturated carbocycles. The van der Waals surface area contributed by atoms with Crippen LogP contribution in [0.5, 0.6) is 0 Å². The van der Waals surface area contributed by atoms with Gasteiger partial charge in [0.05, 0.1) is 6.61 Å². The van der Waals surface area contributed by atoms with Crippen molar-refractivity contribution in [2.45, 2.75) is 258 Å². The maximum Gasteiger partial charge on any atom is 0.306 e. The van der Waals surface area contributed by atoms with Gasteiger partial charge in [0, 0.05) is 19.4 Å². The summed E-state index contributed by atoms with van der Waals surface area (Å²) in [6.07, 6.45) is 75.7. The molecule has 0 rings (SSSR count). The van der Waals surface area contributed by atoms with Gasteiger partial charge in [-0.25, -0.2) is 0 Å². The van der Waals surface area contributed by atoms with Gasteiger partial charge in [0.15, 0.2) is 6.10 Å². The largest absolute Gasteiger partial charge is 0.462 e. The van der Waals surface area contributed by atoms with Crippen LogP contribution >= 0.6 is 0 Å². The lowest BCUT2D eigenvalue weighted by Gasteiger charge is -2.18. The summed E-state index contributed by atoms with van der Waals surface area (Å²) in [6.45, 7) is 7.55. The standard InChI is InChI=1S/C61H104O5/c1-4-7-10-13-16-19-22-25-27-29-31-32-34-37-39-42-45-48-51-54-60(62)65-58-59(66-61(63)55-52-49-46-43-40-36-24-21-18-15-12-9-6-3)57-64-56-53-50-47-44-41-38-35-33-30-28-26-23-20-17-14-11-8-5-2/h7,9-10,12,16,18-19,21,25,27,31-32,36-37,39-40,59H,4-6,8,11,13-15,17,20,22-24,26,28-30,33-35,38,41-58H2,1-3H3/b10-7-,12-9-,19-16-,21-18-,27-25-,32-31-,39-37-,40-36-. The van der Waals surface area contributed by atoms with E-state index in [-0.39, 0.29) is 25.2 Å². The highest BCUT2D eigenvalue weighted by Gasteiger charge is 2.17. The molecular formula is C61H104O5. The van der Waals surface area contributed by atoms with Crippen LogP contribution in [0.1, 0.15) is 252 Å². The van der Waals surface area contributed by atoms with Gasteiger partial charge in [0.25, 0.3) is 0 Å². The Morgan fingerprint density at radius 3 is 1.08 bits per heavy atom. The third kappa shape index (κ3) is 53.4. The van der Waals surface area contributed by atoms with Crippen LogP contribution in [0.2, 0.25) is 0 Å². The summed E-state index contributed by atoms with van der Waals surface area (Å²) in [5.41, 5.74) is 0. The third-order valence-electron chi connectivity index (χ3n) is 11.6. The van der Waals surface area contributed by atoms with Crippen LogP contribution in [0.25, 0.3) is 0 Å². The minimum Gasteiger partial charge on any atom is -0.462 e. The highest BCUT2D eigenvalue weighted by Crippen LogP contribution is 2.15. The van der Waals surface area contributed by atoms with E-state index in [0.717, 1.165) is 116 Å². The van der Waals surface area contributed by atoms with Crippen molar-refractivity contribution in [1.29, 1.82) is 0 Å². The zero-order valence-corrected chi connectivity index (χ0v) is 43.4. The van der Waals surface area contributed by atoms with Gasteiger partial charge in [-0.15, -0.1) is 0 Å². The minimum atomic E-state index is -0.569. The lowest BCUT2D eigenvalue weighted by molar-refractivity contribution is -0.163. The van der Waals surface area contributed by atoms with Crippen molar-refractivity contribution in [3.63, 3.8) is 0 Å². The minimum absolute atomic E-state index is 0.0534. The molecule has 0 aromatic heterocycles. The second-order valence-electron chi connectivity index (χ2n) is 18.1. The first-order valence-corrected chi connectivity index (χ1v) is 27.8. The van der Waals surface area contributed by atoms with Crippen LogP contribution in [-0.2, 0) is 23.8 Å². The quantitative estimate of drug-likeness (QED) is 0.0346. The number of carbonyl (C=O) groups is 2. The Hall–Kier alpha value is -3.18. The average Bonchev–Trinajstić information content (AvgIpc) is 3.32. The highest BCUT2D eigenvalue weighted by molar-refractivity contribution is 5.70. The topological polar surface area (TPSA) is 61.8 Å². The molecule has 0 aliphatic carbocycles. The number of allylic oxidation sites excluding steroid dienone is 16. The zero-order valence-electron chi connectivity index (χ0n) is 43.4. The summed E-state index contributed by atoms with van der Waals surface area (Å²) >= 11 is 0. The molecule has 0 aromatic rings. The first-order chi connectivity index (χ1) is 32.6. The van der Waals surface area contributed by atoms with Crippen LogP contribution in [-0.4, -0.2) is 37.9 Å². The van der Waals surface area contributed by atoms with Gasteiger partial charge in [-0.1, -0.05) is 240 Å². The molecule has 0 amide bonds. The molecular weight excluding hydrogens is 813 g/mol. The highest BCUT2D eigenvalue weighted by atomic mass is 16.6. The molecule has 0 heterocycles. The van der Waals surface area contributed by atoms with Gasteiger partial charge in [0.2, 0.25) is 0 Å². The van der Waals surface area contributed by atoms with Gasteiger partial charge >= 0.3 is 11.9 Å². The smallest absolute Gasteiger partial charge is 0.306 e. The Morgan fingerprint density at radius 2 is 0.682 bits per heavy atom. The summed E-state index contributed by atoms with van der Waals surface area (Å²) in [6, 6.07) is 0. The SMILES string of the molecule is CC/C=C\C/C=C\C/C=C\C/C=C\C/C=C\CCCCCC(=O)OCC(COCCCCCCCCCCCCCCCCCCCC)OC(=O)CCCCC/C=C\C/C=C\C/C=C\CC. The van der Waals surface area contributed by atoms with Crippen LogP contribution < -0.4 is 0 Å². The molecule has 0 radical (unpaired) electrons. The predicted octanol–water partition coefficient (Wildman–Crippen LogP) is 19.0. The van der Waals surface area contributed by atoms with Crippen molar-refractivity contribution in [3.05, 3.63) is 97.2 Å². The Morgan fingerprint density at radius 1 is 0.348 bits per heavy atom. The first kappa shape index (κ1) is 62.8. The van der Waals surface area contributed by atoms with E-state index in [0.29, 0.717) is 19.4 Å². The molecule has 0 aliphatic rings. The Kier molecular flexibility index (Phi) is 53.4. The normalized spacial score (nSPS) is 13.0. The van der Waals surface area contributed by atoms with Crippen molar-refractivity contribution in [2.24, 2.45) is 0 Å². The third-order valence-corrected chi connectivity index (χ3v) is 11.6. The summed E-state index contributed by atoms with van der Waals surface area (Å²) in [5.74, 6) is -0.466. The molecule has 5 nitrogen and oxygen atoms in total. The second-order valence-corrected chi connectivity index (χ2v) is 18.1. The van der Waals surface area contributed by atoms with E-state index >= 15 is 0 Å². The van der Waals surface area contributed by atoms with E-state index in [9.17, 15) is 9.59 Å². The van der Waals surface area contributed by atoms with E-state index < -0.39 is 6.10 Å². The van der Waals surface area contributed by atoms with E-state index in [2.05, 4.69) is 118 Å². The molecule has 0 saturated heterocycles. The maximum absolute atomic E-state index is 12.8. The van der Waals surface area contributed by atoms with E-state index in [4.69, 9.17) is 14.2 Å². The Bertz CT molecular complexity index is 1270. The number of carbonyl (C=O) groups excluding carboxylic acids is 2. The summed E-state index contributed by atoms with van der Waals surface area (Å²) in [5, 5.41) is 0. The van der Waals surface area contributed by atoms with Crippen molar-refractivity contribution in [1.82, 2.24) is 0 Å². The van der Waals surface area contributed by atoms with Gasteiger partial charge in [-0.2, -0.15) is 0 Å². The molecule has 66 heavy (non-hydrogen) atoms. The number of ether oxygens (including phenoxy) is 3. The fourth-order valence-electron chi connectivity index (χ4n) is 7.55. The molecule has 1 atom stereocenters. The molecule has 0 spiro atoms. The lowest BCUT2D eigenvalue weighted by Crippen LogP contribution is -2.30. The van der Waals surface area contributed by atoms with Crippen LogP contribution in [0, 0.1) is 0 Å². The summed E-state index contributed by atoms with van der Waals surface area (Å²) < 4.78 is 17.4. The molecule has 378 valence electrons. The number of esters is 2. The molecule has 1 unspecified atom stereocenters. The molecule has 0 bridgehead atoms. The van der Waals surface area contributed by atoms with E-state index in [1.807, 2.05) is 0 Å². The molecule has 0 aliphatic heterocycles. The van der Waals surface area contributed by atoms with Gasteiger partial charge in [-0.05, 0) is 96.3 Å². The molecule has 0 N–H and O–H groups in total. The fourth-order valence-corrected chi connectivity index (χ4v) is 7.55. The lowest BCUT2D eigenvalue weighted by atomic mass is 10.0. The van der Waals surface area contributed by atoms with Gasteiger partial charge in [0.1, 0.15) is 6.61 Å². The van der Waals surface area contributed by atoms with Crippen molar-refractivity contribution in [3.8, 4) is 0 Å².